The van der Waals surface area contributed by atoms with E-state index in [1.54, 1.807) is 38.1 Å². The van der Waals surface area contributed by atoms with Crippen molar-refractivity contribution in [2.75, 3.05) is 37.7 Å². The van der Waals surface area contributed by atoms with Gasteiger partial charge in [-0.05, 0) is 69.6 Å². The molecule has 2 fully saturated rings. The van der Waals surface area contributed by atoms with E-state index in [9.17, 15) is 53.1 Å². The molecule has 69 heavy (non-hydrogen) atoms. The van der Waals surface area contributed by atoms with E-state index < -0.39 is 120 Å². The maximum Gasteiger partial charge on any atom is 0.246 e. The molecule has 1 aromatic rings. The summed E-state index contributed by atoms with van der Waals surface area (Å²) in [5.41, 5.74) is 17.1. The standard InChI is InChI=1S/C44H69N11O12S2/c1-5-24(3)36-42(64)54-37(25(4)56)43(65)51-30(21-33(46)57)39(61)52-31(23-69-68-19-16-35(59)50-29(40(62)53-36)20-26-12-14-27(15-13-26)67-6-2)44(66)55-18-9-11-32(55)41(63)48-17-8-7-10-28(45)38(60)49-22-34(47)58/h12-15,24-25,28-32,36-37,56H,5-11,16-23,45H2,1-4H3,(H2,46,57)(H2,47,58)(H,48,63)(H,49,60)(H,50,59)(H,51,65)(H,52,61)(H,53,62)(H,54,64)/t24-,25+,28-,29+,30-,31-,32-,36-,37-/m0/s1. The summed E-state index contributed by atoms with van der Waals surface area (Å²) < 4.78 is 5.54. The van der Waals surface area contributed by atoms with Crippen LogP contribution >= 0.6 is 21.6 Å². The number of rotatable bonds is 19. The molecular formula is C44H69N11O12S2. The van der Waals surface area contributed by atoms with Crippen LogP contribution in [0.5, 0.6) is 5.75 Å². The fourth-order valence-corrected chi connectivity index (χ4v) is 9.54. The van der Waals surface area contributed by atoms with Crippen molar-refractivity contribution >= 4 is 80.7 Å². The molecule has 2 saturated heterocycles. The molecule has 2 aliphatic rings. The Morgan fingerprint density at radius 1 is 0.841 bits per heavy atom. The number of aliphatic hydroxyl groups is 1. The van der Waals surface area contributed by atoms with Crippen molar-refractivity contribution in [3.63, 3.8) is 0 Å². The summed E-state index contributed by atoms with van der Waals surface area (Å²) in [5.74, 6) is -7.28. The first-order valence-electron chi connectivity index (χ1n) is 23.1. The lowest BCUT2D eigenvalue weighted by Crippen LogP contribution is -2.63. The van der Waals surface area contributed by atoms with Crippen molar-refractivity contribution in [3.05, 3.63) is 29.8 Å². The van der Waals surface area contributed by atoms with Gasteiger partial charge in [-0.25, -0.2) is 0 Å². The third-order valence-electron chi connectivity index (χ3n) is 11.4. The summed E-state index contributed by atoms with van der Waals surface area (Å²) in [5, 5.41) is 28.9. The Labute approximate surface area is 409 Å². The van der Waals surface area contributed by atoms with E-state index in [4.69, 9.17) is 21.9 Å². The first kappa shape index (κ1) is 57.7. The van der Waals surface area contributed by atoms with Gasteiger partial charge in [0, 0.05) is 37.4 Å². The third kappa shape index (κ3) is 19.3. The summed E-state index contributed by atoms with van der Waals surface area (Å²) >= 11 is 0. The predicted molar refractivity (Wildman–Crippen MR) is 257 cm³/mol. The summed E-state index contributed by atoms with van der Waals surface area (Å²) in [6.45, 7) is 6.99. The topological polar surface area (TPSA) is 366 Å². The first-order chi connectivity index (χ1) is 32.7. The van der Waals surface area contributed by atoms with Crippen molar-refractivity contribution in [1.82, 2.24) is 42.1 Å². The van der Waals surface area contributed by atoms with Gasteiger partial charge >= 0.3 is 0 Å². The number of likely N-dealkylation sites (tertiary alicyclic amines) is 1. The number of nitrogens with two attached hydrogens (primary N) is 3. The van der Waals surface area contributed by atoms with Crippen LogP contribution in [0, 0.1) is 5.92 Å². The second kappa shape index (κ2) is 29.4. The van der Waals surface area contributed by atoms with Crippen LogP contribution in [0.15, 0.2) is 24.3 Å². The molecule has 25 heteroatoms. The maximum absolute atomic E-state index is 14.3. The highest BCUT2D eigenvalue weighted by atomic mass is 33.1. The molecule has 0 aliphatic carbocycles. The molecule has 14 N–H and O–H groups in total. The number of benzene rings is 1. The maximum atomic E-state index is 14.3. The number of nitrogens with zero attached hydrogens (tertiary/aromatic N) is 1. The number of nitrogens with one attached hydrogen (secondary N) is 7. The molecular weight excluding hydrogens is 939 g/mol. The van der Waals surface area contributed by atoms with Crippen LogP contribution in [0.1, 0.15) is 84.6 Å². The SMILES string of the molecule is CCOc1ccc(C[C@H]2NC(=O)CCSSC[C@@H](C(=O)N3CCC[C@H]3C(=O)NCCCC[C@H](N)C(=O)NCC(N)=O)NC(=O)[C@H](CC(N)=O)NC(=O)[C@H]([C@@H](C)O)NC(=O)[C@H]([C@@H](C)CC)NC2=O)cc1. The summed E-state index contributed by atoms with van der Waals surface area (Å²) in [6.07, 6.45) is -0.0300. The second-order valence-corrected chi connectivity index (χ2v) is 19.5. The lowest BCUT2D eigenvalue weighted by atomic mass is 9.96. The normalized spacial score (nSPS) is 23.6. The Balaban J connectivity index is 1.88. The first-order valence-corrected chi connectivity index (χ1v) is 25.6. The van der Waals surface area contributed by atoms with Gasteiger partial charge in [-0.1, -0.05) is 54.0 Å². The zero-order chi connectivity index (χ0) is 51.2. The Hall–Kier alpha value is -5.66. The van der Waals surface area contributed by atoms with Crippen molar-refractivity contribution in [2.45, 2.75) is 134 Å². The van der Waals surface area contributed by atoms with Gasteiger partial charge in [0.2, 0.25) is 59.1 Å². The quantitative estimate of drug-likeness (QED) is 0.0498. The molecule has 0 saturated carbocycles. The van der Waals surface area contributed by atoms with E-state index in [0.29, 0.717) is 50.0 Å². The highest BCUT2D eigenvalue weighted by Gasteiger charge is 2.40. The number of amides is 10. The molecule has 0 bridgehead atoms. The number of unbranched alkanes of at least 4 members (excludes halogenated alkanes) is 1. The van der Waals surface area contributed by atoms with Gasteiger partial charge in [-0.15, -0.1) is 0 Å². The van der Waals surface area contributed by atoms with Crippen LogP contribution in [0.3, 0.4) is 0 Å². The zero-order valence-corrected chi connectivity index (χ0v) is 41.2. The van der Waals surface area contributed by atoms with Gasteiger partial charge in [0.1, 0.15) is 42.0 Å². The summed E-state index contributed by atoms with van der Waals surface area (Å²) in [7, 11) is 2.33. The summed E-state index contributed by atoms with van der Waals surface area (Å²) in [6, 6.07) is -2.00. The molecule has 0 radical (unpaired) electrons. The van der Waals surface area contributed by atoms with E-state index in [1.807, 2.05) is 6.92 Å². The third-order valence-corrected chi connectivity index (χ3v) is 13.8. The van der Waals surface area contributed by atoms with Crippen molar-refractivity contribution in [2.24, 2.45) is 23.1 Å². The molecule has 3 rings (SSSR count). The van der Waals surface area contributed by atoms with E-state index in [1.165, 1.54) is 22.6 Å². The predicted octanol–water partition coefficient (Wildman–Crippen LogP) is -2.65. The number of aliphatic hydroxyl groups excluding tert-OH is 1. The molecule has 0 unspecified atom stereocenters. The number of carbonyl (C=O) groups excluding carboxylic acids is 10. The van der Waals surface area contributed by atoms with Gasteiger partial charge in [-0.3, -0.25) is 47.9 Å². The molecule has 384 valence electrons. The van der Waals surface area contributed by atoms with Crippen LogP contribution in [0.25, 0.3) is 0 Å². The van der Waals surface area contributed by atoms with Crippen LogP contribution in [-0.4, -0.2) is 155 Å². The monoisotopic (exact) mass is 1010 g/mol. The minimum absolute atomic E-state index is 0.0370. The zero-order valence-electron chi connectivity index (χ0n) is 39.5. The van der Waals surface area contributed by atoms with E-state index in [0.717, 1.165) is 10.8 Å². The Kier molecular flexibility index (Phi) is 24.6. The average Bonchev–Trinajstić information content (AvgIpc) is 3.80. The highest BCUT2D eigenvalue weighted by molar-refractivity contribution is 8.76. The molecule has 10 amide bonds. The minimum atomic E-state index is -1.72. The van der Waals surface area contributed by atoms with Gasteiger partial charge in [0.15, 0.2) is 0 Å². The van der Waals surface area contributed by atoms with Gasteiger partial charge in [-0.2, -0.15) is 0 Å². The van der Waals surface area contributed by atoms with Gasteiger partial charge in [0.05, 0.1) is 31.7 Å². The van der Waals surface area contributed by atoms with Crippen LogP contribution in [-0.2, 0) is 54.4 Å². The fourth-order valence-electron chi connectivity index (χ4n) is 7.39. The number of ether oxygens (including phenoxy) is 1. The molecule has 1 aromatic carbocycles. The Morgan fingerprint density at radius 3 is 2.14 bits per heavy atom. The van der Waals surface area contributed by atoms with Crippen molar-refractivity contribution in [3.8, 4) is 5.75 Å². The lowest BCUT2D eigenvalue weighted by molar-refractivity contribution is -0.141. The van der Waals surface area contributed by atoms with Crippen LogP contribution < -0.4 is 59.2 Å². The van der Waals surface area contributed by atoms with Crippen molar-refractivity contribution < 1.29 is 57.8 Å². The molecule has 9 atom stereocenters. The van der Waals surface area contributed by atoms with E-state index >= 15 is 0 Å². The van der Waals surface area contributed by atoms with E-state index in [2.05, 4.69) is 37.2 Å². The van der Waals surface area contributed by atoms with Crippen LogP contribution in [0.2, 0.25) is 0 Å². The molecule has 23 nitrogen and oxygen atoms in total. The molecule has 0 aromatic heterocycles. The number of primary amides is 2. The Bertz CT molecular complexity index is 1960. The number of hydrogen-bond acceptors (Lipinski definition) is 15. The number of hydrogen-bond donors (Lipinski definition) is 11. The highest BCUT2D eigenvalue weighted by Crippen LogP contribution is 2.26. The smallest absolute Gasteiger partial charge is 0.246 e. The van der Waals surface area contributed by atoms with Gasteiger partial charge in [0.25, 0.3) is 0 Å². The number of carbonyl (C=O) groups is 10. The molecule has 2 aliphatic heterocycles. The molecule has 2 heterocycles. The summed E-state index contributed by atoms with van der Waals surface area (Å²) in [4.78, 5) is 134. The average molecular weight is 1010 g/mol. The fraction of sp³-hybridized carbons (Fsp3) is 0.636. The minimum Gasteiger partial charge on any atom is -0.494 e. The Morgan fingerprint density at radius 2 is 1.51 bits per heavy atom. The van der Waals surface area contributed by atoms with Crippen molar-refractivity contribution in [1.29, 1.82) is 0 Å². The second-order valence-electron chi connectivity index (χ2n) is 16.9. The van der Waals surface area contributed by atoms with Gasteiger partial charge < -0.3 is 69.2 Å². The largest absolute Gasteiger partial charge is 0.494 e. The van der Waals surface area contributed by atoms with Crippen LogP contribution in [0.4, 0.5) is 0 Å². The lowest BCUT2D eigenvalue weighted by Gasteiger charge is -2.31. The van der Waals surface area contributed by atoms with E-state index in [-0.39, 0.29) is 50.4 Å². The molecule has 0 spiro atoms.